The number of aromatic nitrogens is 3. The molecule has 0 unspecified atom stereocenters. The fourth-order valence-corrected chi connectivity index (χ4v) is 3.80. The van der Waals surface area contributed by atoms with Gasteiger partial charge in [-0.2, -0.15) is 0 Å². The molecule has 0 spiro atoms. The number of fused-ring (bicyclic) bond motifs is 1. The van der Waals surface area contributed by atoms with Crippen LogP contribution in [0.25, 0.3) is 0 Å². The first-order chi connectivity index (χ1) is 11.1. The zero-order valence-corrected chi connectivity index (χ0v) is 15.8. The van der Waals surface area contributed by atoms with Crippen molar-refractivity contribution in [1.82, 2.24) is 25.0 Å². The maximum Gasteiger partial charge on any atom is 0.246 e. The molecule has 2 aliphatic rings. The van der Waals surface area contributed by atoms with Crippen LogP contribution in [-0.2, 0) is 17.8 Å². The Bertz CT molecular complexity index is 553. The van der Waals surface area contributed by atoms with Gasteiger partial charge >= 0.3 is 0 Å². The molecule has 1 atom stereocenters. The SMILES string of the molecule is CCN1Cc2nnc(CC3CCNCC3)n2[C@@H](CC(C)C)C1=O.Cl. The number of hydrogen-bond acceptors (Lipinski definition) is 4. The fraction of sp³-hybridized carbons (Fsp3) is 0.824. The van der Waals surface area contributed by atoms with Crippen molar-refractivity contribution in [3.8, 4) is 0 Å². The van der Waals surface area contributed by atoms with Gasteiger partial charge in [0, 0.05) is 13.0 Å². The quantitative estimate of drug-likeness (QED) is 0.879. The lowest BCUT2D eigenvalue weighted by molar-refractivity contribution is -0.138. The number of nitrogens with zero attached hydrogens (tertiary/aromatic N) is 4. The Morgan fingerprint density at radius 3 is 2.58 bits per heavy atom. The van der Waals surface area contributed by atoms with Crippen LogP contribution in [0, 0.1) is 11.8 Å². The van der Waals surface area contributed by atoms with Crippen molar-refractivity contribution in [2.24, 2.45) is 11.8 Å². The fourth-order valence-electron chi connectivity index (χ4n) is 3.80. The Morgan fingerprint density at radius 1 is 1.25 bits per heavy atom. The zero-order chi connectivity index (χ0) is 16.4. The van der Waals surface area contributed by atoms with Crippen LogP contribution >= 0.6 is 12.4 Å². The van der Waals surface area contributed by atoms with Crippen LogP contribution in [0.3, 0.4) is 0 Å². The highest BCUT2D eigenvalue weighted by atomic mass is 35.5. The van der Waals surface area contributed by atoms with E-state index in [1.807, 2.05) is 11.8 Å². The van der Waals surface area contributed by atoms with E-state index in [1.54, 1.807) is 0 Å². The smallest absolute Gasteiger partial charge is 0.246 e. The molecule has 1 amide bonds. The number of hydrogen-bond donors (Lipinski definition) is 1. The molecule has 3 rings (SSSR count). The number of rotatable bonds is 5. The number of piperidine rings is 1. The van der Waals surface area contributed by atoms with Crippen LogP contribution in [-0.4, -0.2) is 45.2 Å². The molecule has 24 heavy (non-hydrogen) atoms. The summed E-state index contributed by atoms with van der Waals surface area (Å²) in [6.45, 7) is 9.90. The van der Waals surface area contributed by atoms with Crippen molar-refractivity contribution >= 4 is 18.3 Å². The predicted octanol–water partition coefficient (Wildman–Crippen LogP) is 2.19. The summed E-state index contributed by atoms with van der Waals surface area (Å²) in [5.74, 6) is 3.34. The molecule has 2 aliphatic heterocycles. The van der Waals surface area contributed by atoms with Crippen LogP contribution in [0.15, 0.2) is 0 Å². The lowest BCUT2D eigenvalue weighted by Crippen LogP contribution is -2.43. The van der Waals surface area contributed by atoms with Crippen LogP contribution in [0.2, 0.25) is 0 Å². The average Bonchev–Trinajstić information content (AvgIpc) is 2.93. The van der Waals surface area contributed by atoms with Gasteiger partial charge in [-0.1, -0.05) is 13.8 Å². The van der Waals surface area contributed by atoms with Gasteiger partial charge in [-0.3, -0.25) is 4.79 Å². The minimum Gasteiger partial charge on any atom is -0.334 e. The first kappa shape index (κ1) is 19.2. The van der Waals surface area contributed by atoms with E-state index >= 15 is 0 Å². The lowest BCUT2D eigenvalue weighted by Gasteiger charge is -2.34. The van der Waals surface area contributed by atoms with Crippen LogP contribution in [0.1, 0.15) is 57.7 Å². The lowest BCUT2D eigenvalue weighted by atomic mass is 9.93. The number of likely N-dealkylation sites (N-methyl/N-ethyl adjacent to an activating group) is 1. The number of amides is 1. The Balaban J connectivity index is 0.00000208. The highest BCUT2D eigenvalue weighted by Crippen LogP contribution is 2.30. The molecule has 0 radical (unpaired) electrons. The predicted molar refractivity (Wildman–Crippen MR) is 96.2 cm³/mol. The summed E-state index contributed by atoms with van der Waals surface area (Å²) in [7, 11) is 0. The van der Waals surface area contributed by atoms with Gasteiger partial charge in [0.05, 0.1) is 6.54 Å². The van der Waals surface area contributed by atoms with E-state index < -0.39 is 0 Å². The van der Waals surface area contributed by atoms with Gasteiger partial charge in [-0.25, -0.2) is 0 Å². The molecule has 1 aromatic heterocycles. The van der Waals surface area contributed by atoms with E-state index in [0.717, 1.165) is 44.1 Å². The third-order valence-corrected chi connectivity index (χ3v) is 5.08. The summed E-state index contributed by atoms with van der Waals surface area (Å²) < 4.78 is 2.16. The number of carbonyl (C=O) groups excluding carboxylic acids is 1. The average molecular weight is 356 g/mol. The summed E-state index contributed by atoms with van der Waals surface area (Å²) >= 11 is 0. The van der Waals surface area contributed by atoms with Gasteiger partial charge in [0.25, 0.3) is 0 Å². The molecular weight excluding hydrogens is 326 g/mol. The van der Waals surface area contributed by atoms with Crippen molar-refractivity contribution in [1.29, 1.82) is 0 Å². The Morgan fingerprint density at radius 2 is 1.96 bits per heavy atom. The van der Waals surface area contributed by atoms with Crippen molar-refractivity contribution in [2.45, 2.75) is 59.0 Å². The second-order valence-corrected chi connectivity index (χ2v) is 7.30. The van der Waals surface area contributed by atoms with E-state index in [1.165, 1.54) is 12.8 Å². The summed E-state index contributed by atoms with van der Waals surface area (Å²) in [5.41, 5.74) is 0. The second kappa shape index (κ2) is 8.30. The summed E-state index contributed by atoms with van der Waals surface area (Å²) in [6.07, 6.45) is 4.18. The Labute approximate surface area is 150 Å². The molecule has 1 saturated heterocycles. The molecule has 1 N–H and O–H groups in total. The maximum atomic E-state index is 12.8. The molecular formula is C17H30ClN5O. The van der Waals surface area contributed by atoms with Gasteiger partial charge in [-0.05, 0) is 51.1 Å². The van der Waals surface area contributed by atoms with Crippen molar-refractivity contribution in [2.75, 3.05) is 19.6 Å². The van der Waals surface area contributed by atoms with E-state index in [4.69, 9.17) is 0 Å². The van der Waals surface area contributed by atoms with E-state index in [9.17, 15) is 4.79 Å². The first-order valence-corrected chi connectivity index (χ1v) is 9.02. The molecule has 0 aliphatic carbocycles. The molecule has 0 saturated carbocycles. The zero-order valence-electron chi connectivity index (χ0n) is 15.0. The first-order valence-electron chi connectivity index (χ1n) is 9.02. The third-order valence-electron chi connectivity index (χ3n) is 5.08. The second-order valence-electron chi connectivity index (χ2n) is 7.30. The van der Waals surface area contributed by atoms with Gasteiger partial charge in [0.15, 0.2) is 5.82 Å². The van der Waals surface area contributed by atoms with Gasteiger partial charge in [0.1, 0.15) is 11.9 Å². The molecule has 1 aromatic rings. The van der Waals surface area contributed by atoms with E-state index in [0.29, 0.717) is 18.4 Å². The van der Waals surface area contributed by atoms with Gasteiger partial charge in [-0.15, -0.1) is 22.6 Å². The Hall–Kier alpha value is -1.14. The third kappa shape index (κ3) is 3.91. The standard InChI is InChI=1S/C17H29N5O.ClH/c1-4-21-11-16-20-19-15(10-13-5-7-18-8-6-13)22(16)14(17(21)23)9-12(2)3;/h12-14,18H,4-11H2,1-3H3;1H/t14-;/m0./s1. The maximum absolute atomic E-state index is 12.8. The largest absolute Gasteiger partial charge is 0.334 e. The summed E-state index contributed by atoms with van der Waals surface area (Å²) in [5, 5.41) is 12.3. The molecule has 7 heteroatoms. The highest BCUT2D eigenvalue weighted by Gasteiger charge is 2.36. The van der Waals surface area contributed by atoms with Crippen LogP contribution in [0.4, 0.5) is 0 Å². The minimum absolute atomic E-state index is 0. The Kier molecular flexibility index (Phi) is 6.63. The van der Waals surface area contributed by atoms with Crippen LogP contribution < -0.4 is 5.32 Å². The summed E-state index contributed by atoms with van der Waals surface area (Å²) in [6, 6.07) is -0.120. The number of nitrogens with one attached hydrogen (secondary N) is 1. The molecule has 0 bridgehead atoms. The highest BCUT2D eigenvalue weighted by molar-refractivity contribution is 5.85. The van der Waals surface area contributed by atoms with E-state index in [-0.39, 0.29) is 24.4 Å². The van der Waals surface area contributed by atoms with Gasteiger partial charge in [0.2, 0.25) is 5.91 Å². The minimum atomic E-state index is -0.120. The van der Waals surface area contributed by atoms with Gasteiger partial charge < -0.3 is 14.8 Å². The molecule has 6 nitrogen and oxygen atoms in total. The topological polar surface area (TPSA) is 63.1 Å². The normalized spacial score (nSPS) is 21.8. The molecule has 136 valence electrons. The number of halogens is 1. The monoisotopic (exact) mass is 355 g/mol. The van der Waals surface area contributed by atoms with E-state index in [2.05, 4.69) is 33.9 Å². The molecule has 1 fully saturated rings. The van der Waals surface area contributed by atoms with Crippen molar-refractivity contribution in [3.05, 3.63) is 11.6 Å². The molecule has 3 heterocycles. The molecule has 0 aromatic carbocycles. The summed E-state index contributed by atoms with van der Waals surface area (Å²) in [4.78, 5) is 14.7. The van der Waals surface area contributed by atoms with Crippen molar-refractivity contribution < 1.29 is 4.79 Å². The van der Waals surface area contributed by atoms with Crippen LogP contribution in [0.5, 0.6) is 0 Å². The number of carbonyl (C=O) groups is 1. The van der Waals surface area contributed by atoms with Crippen molar-refractivity contribution in [3.63, 3.8) is 0 Å².